The predicted molar refractivity (Wildman–Crippen MR) is 110 cm³/mol. The van der Waals surface area contributed by atoms with Gasteiger partial charge in [-0.2, -0.15) is 0 Å². The molecule has 27 heavy (non-hydrogen) atoms. The molecule has 0 fully saturated rings. The van der Waals surface area contributed by atoms with Crippen molar-refractivity contribution in [2.45, 2.75) is 32.1 Å². The van der Waals surface area contributed by atoms with Gasteiger partial charge in [0.1, 0.15) is 0 Å². The maximum Gasteiger partial charge on any atom is 0.316 e. The fourth-order valence-electron chi connectivity index (χ4n) is 3.01. The molecule has 0 saturated carbocycles. The van der Waals surface area contributed by atoms with E-state index >= 15 is 0 Å². The van der Waals surface area contributed by atoms with Crippen molar-refractivity contribution in [3.63, 3.8) is 0 Å². The molecule has 2 aromatic carbocycles. The van der Waals surface area contributed by atoms with E-state index in [9.17, 15) is 9.59 Å². The topological polar surface area (TPSA) is 59.2 Å². The average molecular weight is 381 g/mol. The van der Waals surface area contributed by atoms with Crippen molar-refractivity contribution in [3.8, 4) is 0 Å². The first kappa shape index (κ1) is 19.2. The second-order valence-electron chi connectivity index (χ2n) is 6.54. The first-order valence-corrected chi connectivity index (χ1v) is 9.96. The van der Waals surface area contributed by atoms with Crippen LogP contribution < -0.4 is 0 Å². The molecule has 3 aromatic rings. The Bertz CT molecular complexity index is 990. The fourth-order valence-corrected chi connectivity index (χ4v) is 3.93. The van der Waals surface area contributed by atoms with E-state index in [2.05, 4.69) is 18.0 Å². The standard InChI is InChI=1S/C22H23NO3S/c1-4-16-6-5-7-17-18(11-23-22(16)17)19(24)12-26-21(25)13-27-20-10-14(2)8-9-15(20)3/h5-11,23H,4,12-13H2,1-3H3. The lowest BCUT2D eigenvalue weighted by Crippen LogP contribution is -2.15. The lowest BCUT2D eigenvalue weighted by Gasteiger charge is -2.07. The van der Waals surface area contributed by atoms with E-state index in [-0.39, 0.29) is 24.1 Å². The largest absolute Gasteiger partial charge is 0.457 e. The summed E-state index contributed by atoms with van der Waals surface area (Å²) in [6.07, 6.45) is 2.58. The Morgan fingerprint density at radius 2 is 1.96 bits per heavy atom. The molecule has 0 aliphatic rings. The summed E-state index contributed by atoms with van der Waals surface area (Å²) in [5.74, 6) is -0.395. The van der Waals surface area contributed by atoms with Crippen LogP contribution in [-0.4, -0.2) is 29.1 Å². The zero-order chi connectivity index (χ0) is 19.4. The minimum atomic E-state index is -0.386. The zero-order valence-electron chi connectivity index (χ0n) is 15.8. The van der Waals surface area contributed by atoms with Crippen LogP contribution in [0.15, 0.2) is 47.5 Å². The number of benzene rings is 2. The minimum Gasteiger partial charge on any atom is -0.457 e. The Morgan fingerprint density at radius 3 is 2.74 bits per heavy atom. The Kier molecular flexibility index (Phi) is 6.01. The number of Topliss-reactive ketones (excluding diaryl/α,β-unsaturated/α-hetero) is 1. The van der Waals surface area contributed by atoms with Crippen LogP contribution in [0.3, 0.4) is 0 Å². The number of esters is 1. The average Bonchev–Trinajstić information content (AvgIpc) is 3.11. The molecule has 0 atom stereocenters. The van der Waals surface area contributed by atoms with Gasteiger partial charge in [-0.1, -0.05) is 42.8 Å². The van der Waals surface area contributed by atoms with Crippen LogP contribution in [0.5, 0.6) is 0 Å². The van der Waals surface area contributed by atoms with Crippen molar-refractivity contribution in [1.29, 1.82) is 0 Å². The van der Waals surface area contributed by atoms with E-state index in [1.54, 1.807) is 6.20 Å². The first-order chi connectivity index (χ1) is 13.0. The number of para-hydroxylation sites is 1. The molecule has 0 aliphatic carbocycles. The molecule has 1 aromatic heterocycles. The van der Waals surface area contributed by atoms with E-state index in [1.807, 2.05) is 44.2 Å². The molecule has 0 unspecified atom stereocenters. The highest BCUT2D eigenvalue weighted by molar-refractivity contribution is 8.00. The van der Waals surface area contributed by atoms with Crippen LogP contribution in [0.2, 0.25) is 0 Å². The molecule has 140 valence electrons. The van der Waals surface area contributed by atoms with Crippen molar-refractivity contribution in [1.82, 2.24) is 4.98 Å². The van der Waals surface area contributed by atoms with Crippen LogP contribution >= 0.6 is 11.8 Å². The maximum absolute atomic E-state index is 12.5. The fraction of sp³-hybridized carbons (Fsp3) is 0.273. The maximum atomic E-state index is 12.5. The summed E-state index contributed by atoms with van der Waals surface area (Å²) in [5.41, 5.74) is 4.97. The van der Waals surface area contributed by atoms with E-state index in [0.717, 1.165) is 38.9 Å². The Balaban J connectivity index is 1.59. The van der Waals surface area contributed by atoms with Gasteiger partial charge in [0.15, 0.2) is 6.61 Å². The number of aryl methyl sites for hydroxylation is 3. The quantitative estimate of drug-likeness (QED) is 0.360. The smallest absolute Gasteiger partial charge is 0.316 e. The number of ketones is 1. The Morgan fingerprint density at radius 1 is 1.15 bits per heavy atom. The van der Waals surface area contributed by atoms with E-state index < -0.39 is 0 Å². The molecule has 1 heterocycles. The molecule has 0 amide bonds. The van der Waals surface area contributed by atoms with E-state index in [4.69, 9.17) is 4.74 Å². The van der Waals surface area contributed by atoms with Gasteiger partial charge in [0.25, 0.3) is 0 Å². The molecular weight excluding hydrogens is 358 g/mol. The number of rotatable bonds is 7. The number of hydrogen-bond acceptors (Lipinski definition) is 4. The number of H-pyrrole nitrogens is 1. The zero-order valence-corrected chi connectivity index (χ0v) is 16.6. The Labute approximate surface area is 163 Å². The van der Waals surface area contributed by atoms with Crippen molar-refractivity contribution in [3.05, 3.63) is 64.8 Å². The summed E-state index contributed by atoms with van der Waals surface area (Å²) in [5, 5.41) is 0.875. The third-order valence-corrected chi connectivity index (χ3v) is 5.67. The van der Waals surface area contributed by atoms with Crippen LogP contribution in [0.25, 0.3) is 10.9 Å². The number of fused-ring (bicyclic) bond motifs is 1. The van der Waals surface area contributed by atoms with Gasteiger partial charge < -0.3 is 9.72 Å². The van der Waals surface area contributed by atoms with Gasteiger partial charge in [0.2, 0.25) is 5.78 Å². The second-order valence-corrected chi connectivity index (χ2v) is 7.55. The van der Waals surface area contributed by atoms with Crippen molar-refractivity contribution in [2.75, 3.05) is 12.4 Å². The van der Waals surface area contributed by atoms with E-state index in [0.29, 0.717) is 5.56 Å². The van der Waals surface area contributed by atoms with Gasteiger partial charge >= 0.3 is 5.97 Å². The molecule has 1 N–H and O–H groups in total. The summed E-state index contributed by atoms with van der Waals surface area (Å²) >= 11 is 1.43. The van der Waals surface area contributed by atoms with Gasteiger partial charge in [0, 0.05) is 27.6 Å². The van der Waals surface area contributed by atoms with Crippen LogP contribution in [-0.2, 0) is 16.0 Å². The highest BCUT2D eigenvalue weighted by atomic mass is 32.2. The number of aromatic amines is 1. The lowest BCUT2D eigenvalue weighted by atomic mass is 10.1. The number of aromatic nitrogens is 1. The highest BCUT2D eigenvalue weighted by Crippen LogP contribution is 2.24. The van der Waals surface area contributed by atoms with Gasteiger partial charge in [-0.3, -0.25) is 9.59 Å². The summed E-state index contributed by atoms with van der Waals surface area (Å²) in [7, 11) is 0. The normalized spacial score (nSPS) is 10.9. The molecule has 4 nitrogen and oxygen atoms in total. The van der Waals surface area contributed by atoms with E-state index in [1.165, 1.54) is 11.8 Å². The van der Waals surface area contributed by atoms with Gasteiger partial charge in [-0.25, -0.2) is 0 Å². The third kappa shape index (κ3) is 4.42. The third-order valence-electron chi connectivity index (χ3n) is 4.54. The second kappa shape index (κ2) is 8.44. The molecule has 3 rings (SSSR count). The molecule has 0 spiro atoms. The summed E-state index contributed by atoms with van der Waals surface area (Å²) < 4.78 is 5.20. The number of thioether (sulfide) groups is 1. The molecule has 0 radical (unpaired) electrons. The van der Waals surface area contributed by atoms with Gasteiger partial charge in [0.05, 0.1) is 5.75 Å². The Hall–Kier alpha value is -2.53. The number of ether oxygens (including phenoxy) is 1. The summed E-state index contributed by atoms with van der Waals surface area (Å²) in [6, 6.07) is 12.0. The number of carbonyl (C=O) groups excluding carboxylic acids is 2. The number of nitrogens with one attached hydrogen (secondary N) is 1. The van der Waals surface area contributed by atoms with Crippen LogP contribution in [0, 0.1) is 13.8 Å². The molecular formula is C22H23NO3S. The van der Waals surface area contributed by atoms with Crippen LogP contribution in [0.4, 0.5) is 0 Å². The number of hydrogen-bond donors (Lipinski definition) is 1. The first-order valence-electron chi connectivity index (χ1n) is 8.97. The molecule has 5 heteroatoms. The van der Waals surface area contributed by atoms with Crippen LogP contribution in [0.1, 0.15) is 34.0 Å². The number of carbonyl (C=O) groups is 2. The van der Waals surface area contributed by atoms with Gasteiger partial charge in [-0.05, 0) is 37.5 Å². The monoisotopic (exact) mass is 381 g/mol. The minimum absolute atomic E-state index is 0.186. The molecule has 0 bridgehead atoms. The van der Waals surface area contributed by atoms with Crippen molar-refractivity contribution in [2.24, 2.45) is 0 Å². The summed E-state index contributed by atoms with van der Waals surface area (Å²) in [6.45, 7) is 5.87. The molecule has 0 saturated heterocycles. The molecule has 0 aliphatic heterocycles. The lowest BCUT2D eigenvalue weighted by molar-refractivity contribution is -0.139. The summed E-state index contributed by atoms with van der Waals surface area (Å²) in [4.78, 5) is 28.8. The SMILES string of the molecule is CCc1cccc2c(C(=O)COC(=O)CSc3cc(C)ccc3C)c[nH]c12. The van der Waals surface area contributed by atoms with Crippen molar-refractivity contribution >= 4 is 34.4 Å². The van der Waals surface area contributed by atoms with Gasteiger partial charge in [-0.15, -0.1) is 11.8 Å². The highest BCUT2D eigenvalue weighted by Gasteiger charge is 2.16. The predicted octanol–water partition coefficient (Wildman–Crippen LogP) is 4.87. The van der Waals surface area contributed by atoms with Crippen molar-refractivity contribution < 1.29 is 14.3 Å².